The molecule has 0 saturated heterocycles. The van der Waals surface area contributed by atoms with Crippen LogP contribution in [-0.2, 0) is 22.6 Å². The van der Waals surface area contributed by atoms with E-state index in [1.807, 2.05) is 0 Å². The number of para-hydroxylation sites is 1. The fourth-order valence-electron chi connectivity index (χ4n) is 2.65. The van der Waals surface area contributed by atoms with Crippen LogP contribution >= 0.6 is 0 Å². The number of furan rings is 1. The number of alkyl halides is 3. The van der Waals surface area contributed by atoms with Gasteiger partial charge in [-0.3, -0.25) is 15.6 Å². The molecule has 10 nitrogen and oxygen atoms in total. The average molecular weight is 514 g/mol. The van der Waals surface area contributed by atoms with Gasteiger partial charge in [0, 0.05) is 6.42 Å². The highest BCUT2D eigenvalue weighted by Gasteiger charge is 2.33. The fraction of sp³-hybridized carbons (Fsp3) is 0.200. The van der Waals surface area contributed by atoms with Crippen LogP contribution in [0.25, 0.3) is 0 Å². The second-order valence-electron chi connectivity index (χ2n) is 7.01. The molecule has 0 aliphatic carbocycles. The molecule has 0 aliphatic rings. The molecule has 0 aliphatic heterocycles. The molecule has 0 spiro atoms. The van der Waals surface area contributed by atoms with Crippen LogP contribution in [0.3, 0.4) is 0 Å². The molecule has 15 heteroatoms. The number of guanidine groups is 1. The topological polar surface area (TPSA) is 139 Å². The van der Waals surface area contributed by atoms with Crippen molar-refractivity contribution in [2.24, 2.45) is 4.40 Å². The molecular formula is C20H18F4N6O4S. The van der Waals surface area contributed by atoms with Gasteiger partial charge in [-0.15, -0.1) is 4.40 Å². The summed E-state index contributed by atoms with van der Waals surface area (Å²) in [5, 5.41) is 0.992. The number of hydrogen-bond acceptors (Lipinski definition) is 6. The van der Waals surface area contributed by atoms with Gasteiger partial charge in [-0.05, 0) is 31.2 Å². The normalized spacial score (nSPS) is 13.2. The Morgan fingerprint density at radius 3 is 2.43 bits per heavy atom. The van der Waals surface area contributed by atoms with Gasteiger partial charge in [-0.2, -0.15) is 13.2 Å². The molecule has 1 unspecified atom stereocenters. The lowest BCUT2D eigenvalue weighted by atomic mass is 10.1. The standard InChI is InChI=1S/C20H18F4N6O4S/c1-12(9-17-25-10-13(21)11-26-17)35(32,33)30-19(29-28-18(31)16-7-4-8-34-16)27-15-6-3-2-5-14(15)20(22,23)24/h2-8,10-12H,9H2,1H3,(H,28,31)(H2,27,29,30). The zero-order chi connectivity index (χ0) is 25.6. The van der Waals surface area contributed by atoms with E-state index in [1.54, 1.807) is 0 Å². The smallest absolute Gasteiger partial charge is 0.418 e. The number of hydrogen-bond donors (Lipinski definition) is 3. The number of amides is 1. The molecule has 1 amide bonds. The predicted molar refractivity (Wildman–Crippen MR) is 116 cm³/mol. The van der Waals surface area contributed by atoms with E-state index in [0.717, 1.165) is 30.6 Å². The van der Waals surface area contributed by atoms with Crippen molar-refractivity contribution < 1.29 is 35.2 Å². The van der Waals surface area contributed by atoms with E-state index >= 15 is 0 Å². The minimum atomic E-state index is -4.77. The summed E-state index contributed by atoms with van der Waals surface area (Å²) in [6.07, 6.45) is -2.10. The Kier molecular flexibility index (Phi) is 7.68. The molecule has 0 radical (unpaired) electrons. The first-order valence-electron chi connectivity index (χ1n) is 9.79. The summed E-state index contributed by atoms with van der Waals surface area (Å²) in [5.74, 6) is -2.44. The van der Waals surface area contributed by atoms with Gasteiger partial charge in [0.25, 0.3) is 10.0 Å². The lowest BCUT2D eigenvalue weighted by Gasteiger charge is -2.17. The van der Waals surface area contributed by atoms with Crippen LogP contribution in [0, 0.1) is 5.82 Å². The van der Waals surface area contributed by atoms with E-state index in [1.165, 1.54) is 31.4 Å². The third kappa shape index (κ3) is 6.99. The Hall–Kier alpha value is -4.01. The number of nitrogens with one attached hydrogen (secondary N) is 3. The van der Waals surface area contributed by atoms with Crippen molar-refractivity contribution in [3.8, 4) is 0 Å². The molecule has 0 saturated carbocycles. The zero-order valence-electron chi connectivity index (χ0n) is 17.9. The van der Waals surface area contributed by atoms with E-state index in [0.29, 0.717) is 0 Å². The van der Waals surface area contributed by atoms with Crippen LogP contribution < -0.4 is 16.2 Å². The van der Waals surface area contributed by atoms with Crippen LogP contribution in [0.15, 0.2) is 63.9 Å². The van der Waals surface area contributed by atoms with Gasteiger partial charge >= 0.3 is 12.1 Å². The number of benzene rings is 1. The Morgan fingerprint density at radius 2 is 1.80 bits per heavy atom. The SMILES string of the molecule is CC(Cc1ncc(F)cn1)S(=O)(=O)N=C(NNC(=O)c1ccco1)Nc1ccccc1C(F)(F)F. The molecule has 186 valence electrons. The second kappa shape index (κ2) is 10.5. The van der Waals surface area contributed by atoms with Crippen molar-refractivity contribution in [1.29, 1.82) is 0 Å². The van der Waals surface area contributed by atoms with Crippen molar-refractivity contribution in [3.05, 3.63) is 78.0 Å². The third-order valence-corrected chi connectivity index (χ3v) is 6.02. The highest BCUT2D eigenvalue weighted by Crippen LogP contribution is 2.34. The number of aromatic nitrogens is 2. The number of hydrazine groups is 1. The van der Waals surface area contributed by atoms with Crippen molar-refractivity contribution in [2.75, 3.05) is 5.32 Å². The average Bonchev–Trinajstić information content (AvgIpc) is 3.33. The first-order valence-corrected chi connectivity index (χ1v) is 11.3. The monoisotopic (exact) mass is 514 g/mol. The van der Waals surface area contributed by atoms with E-state index in [-0.39, 0.29) is 18.0 Å². The second-order valence-corrected chi connectivity index (χ2v) is 9.03. The summed E-state index contributed by atoms with van der Waals surface area (Å²) in [6.45, 7) is 1.26. The number of halogens is 4. The highest BCUT2D eigenvalue weighted by molar-refractivity contribution is 7.90. The summed E-state index contributed by atoms with van der Waals surface area (Å²) in [6, 6.07) is 7.01. The quantitative estimate of drug-likeness (QED) is 0.198. The van der Waals surface area contributed by atoms with E-state index < -0.39 is 50.4 Å². The fourth-order valence-corrected chi connectivity index (χ4v) is 3.54. The molecule has 3 aromatic rings. The van der Waals surface area contributed by atoms with Crippen molar-refractivity contribution in [3.63, 3.8) is 0 Å². The number of sulfonamides is 1. The van der Waals surface area contributed by atoms with Crippen LogP contribution in [0.4, 0.5) is 23.2 Å². The Morgan fingerprint density at radius 1 is 1.11 bits per heavy atom. The zero-order valence-corrected chi connectivity index (χ0v) is 18.7. The Labute approximate surface area is 196 Å². The Balaban J connectivity index is 1.89. The molecule has 35 heavy (non-hydrogen) atoms. The maximum absolute atomic E-state index is 13.4. The maximum Gasteiger partial charge on any atom is 0.418 e. The third-order valence-electron chi connectivity index (χ3n) is 4.40. The van der Waals surface area contributed by atoms with Crippen molar-refractivity contribution in [2.45, 2.75) is 24.8 Å². The first-order chi connectivity index (χ1) is 16.5. The van der Waals surface area contributed by atoms with Gasteiger partial charge in [0.05, 0.1) is 35.2 Å². The molecule has 3 rings (SSSR count). The van der Waals surface area contributed by atoms with Gasteiger partial charge in [-0.1, -0.05) is 12.1 Å². The number of rotatable bonds is 6. The number of anilines is 1. The largest absolute Gasteiger partial charge is 0.459 e. The van der Waals surface area contributed by atoms with Gasteiger partial charge < -0.3 is 9.73 Å². The van der Waals surface area contributed by atoms with Gasteiger partial charge in [-0.25, -0.2) is 22.8 Å². The molecule has 0 fully saturated rings. The Bertz CT molecular complexity index is 1300. The first kappa shape index (κ1) is 25.6. The summed E-state index contributed by atoms with van der Waals surface area (Å²) in [7, 11) is -4.40. The lowest BCUT2D eigenvalue weighted by Crippen LogP contribution is -2.45. The predicted octanol–water partition coefficient (Wildman–Crippen LogP) is 2.89. The van der Waals surface area contributed by atoms with Crippen molar-refractivity contribution in [1.82, 2.24) is 20.8 Å². The van der Waals surface area contributed by atoms with E-state index in [2.05, 4.69) is 30.5 Å². The molecule has 1 atom stereocenters. The van der Waals surface area contributed by atoms with Crippen LogP contribution in [0.5, 0.6) is 0 Å². The van der Waals surface area contributed by atoms with Crippen LogP contribution in [0.2, 0.25) is 0 Å². The van der Waals surface area contributed by atoms with E-state index in [4.69, 9.17) is 4.42 Å². The molecule has 3 N–H and O–H groups in total. The number of carbonyl (C=O) groups is 1. The molecule has 2 aromatic heterocycles. The molecule has 2 heterocycles. The highest BCUT2D eigenvalue weighted by atomic mass is 32.2. The molecule has 0 bridgehead atoms. The summed E-state index contributed by atoms with van der Waals surface area (Å²) in [5.41, 5.74) is 2.64. The van der Waals surface area contributed by atoms with Gasteiger partial charge in [0.1, 0.15) is 5.82 Å². The van der Waals surface area contributed by atoms with Crippen molar-refractivity contribution >= 4 is 27.6 Å². The molecule has 1 aromatic carbocycles. The molecular weight excluding hydrogens is 496 g/mol. The minimum Gasteiger partial charge on any atom is -0.459 e. The number of nitrogens with zero attached hydrogens (tertiary/aromatic N) is 3. The summed E-state index contributed by atoms with van der Waals surface area (Å²) in [4.78, 5) is 19.5. The summed E-state index contributed by atoms with van der Waals surface area (Å²) >= 11 is 0. The van der Waals surface area contributed by atoms with Gasteiger partial charge in [0.2, 0.25) is 5.96 Å². The summed E-state index contributed by atoms with van der Waals surface area (Å²) < 4.78 is 87.2. The van der Waals surface area contributed by atoms with Gasteiger partial charge in [0.15, 0.2) is 11.6 Å². The maximum atomic E-state index is 13.4. The number of carbonyl (C=O) groups excluding carboxylic acids is 1. The van der Waals surface area contributed by atoms with E-state index in [9.17, 15) is 30.8 Å². The van der Waals surface area contributed by atoms with Crippen LogP contribution in [-0.4, -0.2) is 35.5 Å². The van der Waals surface area contributed by atoms with Crippen LogP contribution in [0.1, 0.15) is 28.9 Å². The minimum absolute atomic E-state index is 0.00804. The lowest BCUT2D eigenvalue weighted by molar-refractivity contribution is -0.136.